The van der Waals surface area contributed by atoms with Crippen LogP contribution in [0, 0.1) is 6.92 Å². The van der Waals surface area contributed by atoms with Crippen molar-refractivity contribution in [3.8, 4) is 0 Å². The van der Waals surface area contributed by atoms with Gasteiger partial charge in [-0.1, -0.05) is 18.2 Å². The first-order valence-electron chi connectivity index (χ1n) is 8.26. The van der Waals surface area contributed by atoms with E-state index in [1.165, 1.54) is 11.8 Å². The first-order chi connectivity index (χ1) is 12.5. The minimum Gasteiger partial charge on any atom is -0.352 e. The molecule has 0 unspecified atom stereocenters. The lowest BCUT2D eigenvalue weighted by atomic mass is 10.2. The van der Waals surface area contributed by atoms with Gasteiger partial charge in [0, 0.05) is 18.5 Å². The van der Waals surface area contributed by atoms with Crippen molar-refractivity contribution in [2.45, 2.75) is 37.1 Å². The van der Waals surface area contributed by atoms with Crippen LogP contribution in [-0.4, -0.2) is 40.7 Å². The van der Waals surface area contributed by atoms with E-state index in [0.717, 1.165) is 22.1 Å². The molecule has 0 atom stereocenters. The first-order valence-corrected chi connectivity index (χ1v) is 9.08. The number of anilines is 1. The Kier molecular flexibility index (Phi) is 4.15. The van der Waals surface area contributed by atoms with Crippen LogP contribution >= 0.6 is 11.8 Å². The van der Waals surface area contributed by atoms with Crippen molar-refractivity contribution in [2.75, 3.05) is 5.32 Å². The van der Waals surface area contributed by atoms with Crippen molar-refractivity contribution in [1.82, 2.24) is 34.7 Å². The summed E-state index contributed by atoms with van der Waals surface area (Å²) in [5.74, 6) is 1.19. The smallest absolute Gasteiger partial charge is 0.227 e. The summed E-state index contributed by atoms with van der Waals surface area (Å²) < 4.78 is 2.02. The maximum absolute atomic E-state index is 4.66. The molecule has 0 fully saturated rings. The van der Waals surface area contributed by atoms with E-state index in [4.69, 9.17) is 0 Å². The number of para-hydroxylation sites is 1. The Labute approximate surface area is 154 Å². The third-order valence-electron chi connectivity index (χ3n) is 3.81. The summed E-state index contributed by atoms with van der Waals surface area (Å²) in [6.07, 6.45) is 0. The molecule has 3 heterocycles. The normalized spacial score (nSPS) is 11.6. The van der Waals surface area contributed by atoms with Crippen LogP contribution < -0.4 is 5.32 Å². The molecule has 26 heavy (non-hydrogen) atoms. The molecule has 0 aliphatic rings. The predicted molar refractivity (Wildman–Crippen MR) is 101 cm³/mol. The topological polar surface area (TPSA) is 94.3 Å². The number of rotatable bonds is 4. The Bertz CT molecular complexity index is 1100. The zero-order valence-corrected chi connectivity index (χ0v) is 15.7. The number of benzene rings is 1. The molecule has 8 nitrogen and oxygen atoms in total. The number of nitrogens with zero attached hydrogens (tertiary/aromatic N) is 7. The summed E-state index contributed by atoms with van der Waals surface area (Å²) in [5, 5.41) is 13.9. The van der Waals surface area contributed by atoms with Gasteiger partial charge in [0.05, 0.1) is 5.52 Å². The Morgan fingerprint density at radius 1 is 1.00 bits per heavy atom. The molecule has 0 spiro atoms. The largest absolute Gasteiger partial charge is 0.352 e. The fourth-order valence-electron chi connectivity index (χ4n) is 2.74. The van der Waals surface area contributed by atoms with Crippen molar-refractivity contribution in [3.05, 3.63) is 30.1 Å². The molecule has 0 aliphatic carbocycles. The fourth-order valence-corrected chi connectivity index (χ4v) is 3.43. The van der Waals surface area contributed by atoms with E-state index < -0.39 is 0 Å². The molecule has 0 amide bonds. The van der Waals surface area contributed by atoms with Gasteiger partial charge in [-0.2, -0.15) is 9.97 Å². The lowest BCUT2D eigenvalue weighted by Crippen LogP contribution is -2.14. The molecule has 0 bridgehead atoms. The molecule has 0 aliphatic heterocycles. The molecule has 4 rings (SSSR count). The second kappa shape index (κ2) is 6.49. The van der Waals surface area contributed by atoms with Crippen molar-refractivity contribution in [1.29, 1.82) is 0 Å². The second-order valence-corrected chi connectivity index (χ2v) is 7.17. The highest BCUT2D eigenvalue weighted by atomic mass is 32.2. The van der Waals surface area contributed by atoms with Crippen LogP contribution in [0.3, 0.4) is 0 Å². The van der Waals surface area contributed by atoms with Gasteiger partial charge >= 0.3 is 0 Å². The predicted octanol–water partition coefficient (Wildman–Crippen LogP) is 2.98. The van der Waals surface area contributed by atoms with E-state index in [1.807, 2.05) is 56.7 Å². The Balaban J connectivity index is 1.73. The summed E-state index contributed by atoms with van der Waals surface area (Å²) in [7, 11) is 1.98. The summed E-state index contributed by atoms with van der Waals surface area (Å²) in [6, 6.07) is 8.30. The molecule has 0 radical (unpaired) electrons. The van der Waals surface area contributed by atoms with Gasteiger partial charge in [-0.3, -0.25) is 0 Å². The summed E-state index contributed by atoms with van der Waals surface area (Å²) >= 11 is 1.28. The molecule has 9 heteroatoms. The zero-order chi connectivity index (χ0) is 18.3. The Hall–Kier alpha value is -2.81. The van der Waals surface area contributed by atoms with Crippen LogP contribution in [0.25, 0.3) is 22.1 Å². The SMILES string of the molecule is Cc1nc(NC(C)C)nc(Sc2nnc3c4ccccc4n(C)c3n2)n1. The van der Waals surface area contributed by atoms with Crippen molar-refractivity contribution in [3.63, 3.8) is 0 Å². The standard InChI is InChI=1S/C17H18N8S/c1-9(2)18-15-19-10(3)20-16(22-15)26-17-21-14-13(23-24-17)11-7-5-6-8-12(11)25(14)4/h5-9H,1-4H3,(H,18,19,20,22). The van der Waals surface area contributed by atoms with Gasteiger partial charge in [-0.25, -0.2) is 9.97 Å². The Morgan fingerprint density at radius 2 is 1.81 bits per heavy atom. The van der Waals surface area contributed by atoms with Gasteiger partial charge in [-0.15, -0.1) is 10.2 Å². The molecule has 1 aromatic carbocycles. The number of aryl methyl sites for hydroxylation is 2. The molecule has 3 aromatic heterocycles. The summed E-state index contributed by atoms with van der Waals surface area (Å²) in [5.41, 5.74) is 2.65. The van der Waals surface area contributed by atoms with Gasteiger partial charge in [0.1, 0.15) is 11.3 Å². The molecule has 0 saturated carbocycles. The van der Waals surface area contributed by atoms with E-state index in [9.17, 15) is 0 Å². The number of aromatic nitrogens is 7. The minimum atomic E-state index is 0.236. The van der Waals surface area contributed by atoms with Crippen LogP contribution in [0.15, 0.2) is 34.6 Å². The van der Waals surface area contributed by atoms with E-state index in [-0.39, 0.29) is 6.04 Å². The molecular weight excluding hydrogens is 348 g/mol. The maximum atomic E-state index is 4.66. The highest BCUT2D eigenvalue weighted by Crippen LogP contribution is 2.27. The lowest BCUT2D eigenvalue weighted by molar-refractivity contribution is 0.806. The van der Waals surface area contributed by atoms with Gasteiger partial charge in [0.15, 0.2) is 5.65 Å². The zero-order valence-electron chi connectivity index (χ0n) is 14.9. The molecular formula is C17H18N8S. The van der Waals surface area contributed by atoms with Crippen LogP contribution in [0.5, 0.6) is 0 Å². The maximum Gasteiger partial charge on any atom is 0.227 e. The van der Waals surface area contributed by atoms with E-state index >= 15 is 0 Å². The van der Waals surface area contributed by atoms with Gasteiger partial charge in [0.2, 0.25) is 16.3 Å². The van der Waals surface area contributed by atoms with Crippen molar-refractivity contribution < 1.29 is 0 Å². The van der Waals surface area contributed by atoms with Crippen LogP contribution in [0.1, 0.15) is 19.7 Å². The average Bonchev–Trinajstić information content (AvgIpc) is 2.87. The highest BCUT2D eigenvalue weighted by molar-refractivity contribution is 7.99. The monoisotopic (exact) mass is 366 g/mol. The third-order valence-corrected chi connectivity index (χ3v) is 4.53. The number of fused-ring (bicyclic) bond motifs is 3. The van der Waals surface area contributed by atoms with Gasteiger partial charge in [0.25, 0.3) is 0 Å². The molecule has 1 N–H and O–H groups in total. The molecule has 0 saturated heterocycles. The van der Waals surface area contributed by atoms with E-state index in [2.05, 4.69) is 35.5 Å². The number of nitrogens with one attached hydrogen (secondary N) is 1. The average molecular weight is 366 g/mol. The summed E-state index contributed by atoms with van der Waals surface area (Å²) in [6.45, 7) is 5.91. The molecule has 4 aromatic rings. The van der Waals surface area contributed by atoms with Gasteiger partial charge < -0.3 is 9.88 Å². The number of hydrogen-bond donors (Lipinski definition) is 1. The third kappa shape index (κ3) is 3.05. The highest BCUT2D eigenvalue weighted by Gasteiger charge is 2.14. The van der Waals surface area contributed by atoms with Crippen molar-refractivity contribution >= 4 is 39.8 Å². The molecule has 132 valence electrons. The van der Waals surface area contributed by atoms with Gasteiger partial charge in [-0.05, 0) is 38.6 Å². The van der Waals surface area contributed by atoms with Crippen LogP contribution in [0.4, 0.5) is 5.95 Å². The lowest BCUT2D eigenvalue weighted by Gasteiger charge is -2.09. The van der Waals surface area contributed by atoms with E-state index in [1.54, 1.807) is 0 Å². The second-order valence-electron chi connectivity index (χ2n) is 6.23. The van der Waals surface area contributed by atoms with Crippen LogP contribution in [0.2, 0.25) is 0 Å². The first kappa shape index (κ1) is 16.6. The van der Waals surface area contributed by atoms with E-state index in [0.29, 0.717) is 22.1 Å². The Morgan fingerprint density at radius 3 is 2.62 bits per heavy atom. The quantitative estimate of drug-likeness (QED) is 0.589. The minimum absolute atomic E-state index is 0.236. The van der Waals surface area contributed by atoms with Crippen LogP contribution in [-0.2, 0) is 7.05 Å². The van der Waals surface area contributed by atoms with Crippen molar-refractivity contribution in [2.24, 2.45) is 7.05 Å². The fraction of sp³-hybridized carbons (Fsp3) is 0.294. The number of hydrogen-bond acceptors (Lipinski definition) is 8. The summed E-state index contributed by atoms with van der Waals surface area (Å²) in [4.78, 5) is 17.8.